The van der Waals surface area contributed by atoms with Crippen LogP contribution in [0.15, 0.2) is 97.2 Å². The highest BCUT2D eigenvalue weighted by atomic mass is 16.7. The van der Waals surface area contributed by atoms with Gasteiger partial charge in [0.15, 0.2) is 12.4 Å². The van der Waals surface area contributed by atoms with E-state index in [9.17, 15) is 35.1 Å². The van der Waals surface area contributed by atoms with Crippen LogP contribution in [-0.4, -0.2) is 99.6 Å². The van der Waals surface area contributed by atoms with E-state index in [1.807, 2.05) is 6.08 Å². The minimum Gasteiger partial charge on any atom is -0.454 e. The van der Waals surface area contributed by atoms with Crippen molar-refractivity contribution in [2.75, 3.05) is 13.2 Å². The van der Waals surface area contributed by atoms with E-state index in [4.69, 9.17) is 14.2 Å². The summed E-state index contributed by atoms with van der Waals surface area (Å²) in [7, 11) is 0. The second-order valence-corrected chi connectivity index (χ2v) is 21.0. The van der Waals surface area contributed by atoms with Crippen molar-refractivity contribution in [2.45, 2.75) is 294 Å². The van der Waals surface area contributed by atoms with Crippen LogP contribution >= 0.6 is 0 Å². The maximum atomic E-state index is 13.4. The van der Waals surface area contributed by atoms with Gasteiger partial charge in [0.05, 0.1) is 25.4 Å². The molecule has 11 nitrogen and oxygen atoms in total. The van der Waals surface area contributed by atoms with Crippen LogP contribution in [-0.2, 0) is 23.8 Å². The molecule has 0 radical (unpaired) electrons. The predicted octanol–water partition coefficient (Wildman–Crippen LogP) is 14.7. The summed E-state index contributed by atoms with van der Waals surface area (Å²) in [4.78, 5) is 26.5. The first kappa shape index (κ1) is 71.6. The summed E-state index contributed by atoms with van der Waals surface area (Å²) in [5, 5.41) is 56.9. The molecule has 0 bridgehead atoms. The van der Waals surface area contributed by atoms with E-state index in [0.717, 1.165) is 109 Å². The first-order valence-electron chi connectivity index (χ1n) is 31.0. The van der Waals surface area contributed by atoms with E-state index < -0.39 is 67.4 Å². The van der Waals surface area contributed by atoms with Gasteiger partial charge in [-0.25, -0.2) is 0 Å². The van der Waals surface area contributed by atoms with Crippen molar-refractivity contribution in [3.63, 3.8) is 0 Å². The summed E-state index contributed by atoms with van der Waals surface area (Å²) >= 11 is 0. The SMILES string of the molecule is CC/C=C\C/C=C\C/C=C\C/C=C\C/C=C\C/C=C\CCCCC(=O)OC1C(OCC(NC(=O)C(O)CCCCCCCC/C=C/CCCCCCCC)C(O)/C=C/CCCCCCCCCCC)OC(CO)C(O)C1O. The van der Waals surface area contributed by atoms with Crippen molar-refractivity contribution in [1.82, 2.24) is 5.32 Å². The number of aliphatic hydroxyl groups excluding tert-OH is 5. The number of unbranched alkanes of at least 4 members (excludes halogenated alkanes) is 23. The first-order valence-corrected chi connectivity index (χ1v) is 31.0. The minimum absolute atomic E-state index is 0.0636. The molecule has 1 aliphatic rings. The Morgan fingerprint density at radius 2 is 0.935 bits per heavy atom. The molecule has 1 amide bonds. The Morgan fingerprint density at radius 3 is 1.42 bits per heavy atom. The summed E-state index contributed by atoms with van der Waals surface area (Å²) in [6.07, 6.45) is 60.2. The number of allylic oxidation sites excluding steroid dienone is 15. The molecular weight excluding hydrogens is 967 g/mol. The number of nitrogens with one attached hydrogen (secondary N) is 1. The molecule has 11 heteroatoms. The molecule has 1 fully saturated rings. The van der Waals surface area contributed by atoms with E-state index in [2.05, 4.69) is 111 Å². The zero-order valence-electron chi connectivity index (χ0n) is 48.8. The number of esters is 1. The van der Waals surface area contributed by atoms with Crippen LogP contribution in [0.1, 0.15) is 245 Å². The van der Waals surface area contributed by atoms with Gasteiger partial charge >= 0.3 is 5.97 Å². The molecule has 442 valence electrons. The fraction of sp³-hybridized carbons (Fsp3) is 0.727. The first-order chi connectivity index (χ1) is 37.7. The lowest BCUT2D eigenvalue weighted by molar-refractivity contribution is -0.305. The van der Waals surface area contributed by atoms with Crippen LogP contribution in [0, 0.1) is 0 Å². The topological polar surface area (TPSA) is 175 Å². The van der Waals surface area contributed by atoms with Gasteiger partial charge in [0, 0.05) is 6.42 Å². The lowest BCUT2D eigenvalue weighted by atomic mass is 9.99. The Bertz CT molecular complexity index is 1620. The molecule has 1 heterocycles. The van der Waals surface area contributed by atoms with Crippen LogP contribution < -0.4 is 5.32 Å². The summed E-state index contributed by atoms with van der Waals surface area (Å²) < 4.78 is 17.6. The maximum absolute atomic E-state index is 13.4. The van der Waals surface area contributed by atoms with Crippen LogP contribution in [0.2, 0.25) is 0 Å². The third kappa shape index (κ3) is 41.3. The molecular formula is C66H113NO10. The Morgan fingerprint density at radius 1 is 0.519 bits per heavy atom. The van der Waals surface area contributed by atoms with Gasteiger partial charge < -0.3 is 45.1 Å². The Balaban J connectivity index is 2.70. The molecule has 0 aromatic rings. The highest BCUT2D eigenvalue weighted by molar-refractivity contribution is 5.80. The number of rotatable bonds is 51. The second-order valence-electron chi connectivity index (χ2n) is 21.0. The van der Waals surface area contributed by atoms with Crippen LogP contribution in [0.5, 0.6) is 0 Å². The van der Waals surface area contributed by atoms with Gasteiger partial charge in [-0.15, -0.1) is 0 Å². The van der Waals surface area contributed by atoms with Crippen molar-refractivity contribution in [2.24, 2.45) is 0 Å². The molecule has 77 heavy (non-hydrogen) atoms. The van der Waals surface area contributed by atoms with E-state index in [-0.39, 0.29) is 19.4 Å². The molecule has 1 rings (SSSR count). The predicted molar refractivity (Wildman–Crippen MR) is 319 cm³/mol. The average Bonchev–Trinajstić information content (AvgIpc) is 3.43. The summed E-state index contributed by atoms with van der Waals surface area (Å²) in [5.41, 5.74) is 0. The van der Waals surface area contributed by atoms with Crippen LogP contribution in [0.4, 0.5) is 0 Å². The van der Waals surface area contributed by atoms with Gasteiger partial charge in [-0.1, -0.05) is 234 Å². The maximum Gasteiger partial charge on any atom is 0.306 e. The highest BCUT2D eigenvalue weighted by Gasteiger charge is 2.47. The van der Waals surface area contributed by atoms with Gasteiger partial charge in [0.25, 0.3) is 0 Å². The lowest BCUT2D eigenvalue weighted by Crippen LogP contribution is -2.61. The molecule has 8 atom stereocenters. The molecule has 0 aromatic carbocycles. The Labute approximate surface area is 469 Å². The largest absolute Gasteiger partial charge is 0.454 e. The van der Waals surface area contributed by atoms with E-state index in [0.29, 0.717) is 12.8 Å². The number of hydrogen-bond donors (Lipinski definition) is 6. The lowest BCUT2D eigenvalue weighted by Gasteiger charge is -2.41. The van der Waals surface area contributed by atoms with Crippen molar-refractivity contribution in [1.29, 1.82) is 0 Å². The fourth-order valence-electron chi connectivity index (χ4n) is 9.06. The molecule has 0 aromatic heterocycles. The van der Waals surface area contributed by atoms with Crippen molar-refractivity contribution in [3.8, 4) is 0 Å². The van der Waals surface area contributed by atoms with Gasteiger partial charge in [-0.2, -0.15) is 0 Å². The summed E-state index contributed by atoms with van der Waals surface area (Å²) in [5.74, 6) is -1.25. The quantitative estimate of drug-likeness (QED) is 0.0195. The van der Waals surface area contributed by atoms with E-state index >= 15 is 0 Å². The molecule has 1 saturated heterocycles. The number of carbonyl (C=O) groups excluding carboxylic acids is 2. The van der Waals surface area contributed by atoms with E-state index in [1.165, 1.54) is 89.9 Å². The smallest absolute Gasteiger partial charge is 0.306 e. The van der Waals surface area contributed by atoms with Gasteiger partial charge in [0.1, 0.15) is 24.4 Å². The van der Waals surface area contributed by atoms with Crippen LogP contribution in [0.3, 0.4) is 0 Å². The third-order valence-corrected chi connectivity index (χ3v) is 14.0. The normalized spacial score (nSPS) is 19.7. The fourth-order valence-corrected chi connectivity index (χ4v) is 9.06. The van der Waals surface area contributed by atoms with Crippen molar-refractivity contribution in [3.05, 3.63) is 97.2 Å². The Kier molecular flexibility index (Phi) is 49.5. The zero-order chi connectivity index (χ0) is 56.1. The second kappa shape index (κ2) is 53.2. The summed E-state index contributed by atoms with van der Waals surface area (Å²) in [6.45, 7) is 5.63. The van der Waals surface area contributed by atoms with Crippen LogP contribution in [0.25, 0.3) is 0 Å². The number of carbonyl (C=O) groups is 2. The van der Waals surface area contributed by atoms with Gasteiger partial charge in [-0.3, -0.25) is 9.59 Å². The monoisotopic (exact) mass is 1080 g/mol. The molecule has 8 unspecified atom stereocenters. The third-order valence-electron chi connectivity index (χ3n) is 14.0. The zero-order valence-corrected chi connectivity index (χ0v) is 48.8. The molecule has 0 saturated carbocycles. The number of ether oxygens (including phenoxy) is 3. The molecule has 0 aliphatic carbocycles. The van der Waals surface area contributed by atoms with Gasteiger partial charge in [0.2, 0.25) is 5.91 Å². The van der Waals surface area contributed by atoms with Crippen molar-refractivity contribution < 1.29 is 49.3 Å². The van der Waals surface area contributed by atoms with Gasteiger partial charge in [-0.05, 0) is 103 Å². The number of aliphatic hydroxyl groups is 5. The number of hydrogen-bond acceptors (Lipinski definition) is 10. The van der Waals surface area contributed by atoms with Crippen molar-refractivity contribution >= 4 is 11.9 Å². The molecule has 0 spiro atoms. The average molecular weight is 1080 g/mol. The molecule has 1 aliphatic heterocycles. The highest BCUT2D eigenvalue weighted by Crippen LogP contribution is 2.26. The standard InChI is InChI=1S/C66H113NO10/c1-4-7-10-13-16-19-22-24-26-28-29-30-31-32-34-36-39-42-45-48-51-54-61(71)77-64-63(73)62(72)60(55-68)76-66(64)75-56-57(58(69)52-49-46-43-40-37-21-18-15-12-9-6-3)67-65(74)59(70)53-50-47-44-41-38-35-33-27-25-23-20-17-14-11-8-5-2/h7,10,16,19,24-27,29-30,32,34,39,42,49,52,57-60,62-64,66,68-70,72-73H,4-6,8-9,11-15,17-18,20-23,28,31,33,35-38,40-41,43-48,50-51,53-56H2,1-3H3,(H,67,74)/b10-7-,19-16-,26-24-,27-25+,30-29-,34-32-,42-39-,52-49+. The van der Waals surface area contributed by atoms with E-state index in [1.54, 1.807) is 6.08 Å². The Hall–Kier alpha value is -3.42. The molecule has 6 N–H and O–H groups in total. The number of amides is 1. The minimum atomic E-state index is -1.64. The summed E-state index contributed by atoms with van der Waals surface area (Å²) in [6, 6.07) is -1.04.